The third kappa shape index (κ3) is 4.75. The summed E-state index contributed by atoms with van der Waals surface area (Å²) in [4.78, 5) is 4.61. The van der Waals surface area contributed by atoms with Gasteiger partial charge in [0.05, 0.1) is 21.3 Å². The Kier molecular flexibility index (Phi) is 6.47. The van der Waals surface area contributed by atoms with E-state index in [4.69, 9.17) is 0 Å². The summed E-state index contributed by atoms with van der Waals surface area (Å²) in [5, 5.41) is 18.1. The Hall–Kier alpha value is -3.02. The van der Waals surface area contributed by atoms with Gasteiger partial charge in [-0.3, -0.25) is 0 Å². The van der Waals surface area contributed by atoms with Crippen molar-refractivity contribution in [1.82, 2.24) is 18.9 Å². The van der Waals surface area contributed by atoms with Crippen LogP contribution in [0.1, 0.15) is 12.8 Å². The lowest BCUT2D eigenvalue weighted by molar-refractivity contribution is 0.275. The maximum Gasteiger partial charge on any atom is 0.243 e. The predicted octanol–water partition coefficient (Wildman–Crippen LogP) is 4.52. The molecular weight excluding hydrogens is 537 g/mol. The van der Waals surface area contributed by atoms with Crippen LogP contribution in [0.2, 0.25) is 0 Å². The average Bonchev–Trinajstić information content (AvgIpc) is 3.23. The molecule has 1 aliphatic heterocycles. The molecule has 2 aromatic heterocycles. The van der Waals surface area contributed by atoms with Crippen LogP contribution in [0.5, 0.6) is 5.75 Å². The normalized spacial score (nSPS) is 17.0. The average molecular weight is 560 g/mol. The maximum atomic E-state index is 13.6. The number of nitrogens with one attached hydrogen (secondary N) is 1. The van der Waals surface area contributed by atoms with Crippen LogP contribution in [0.3, 0.4) is 0 Å². The number of benzene rings is 2. The highest BCUT2D eigenvalue weighted by atomic mass is 79.9. The van der Waals surface area contributed by atoms with E-state index < -0.39 is 15.8 Å². The maximum absolute atomic E-state index is 13.6. The van der Waals surface area contributed by atoms with Gasteiger partial charge < -0.3 is 10.4 Å². The lowest BCUT2D eigenvalue weighted by Crippen LogP contribution is -2.41. The molecule has 1 unspecified atom stereocenters. The van der Waals surface area contributed by atoms with Gasteiger partial charge in [-0.05, 0) is 65.0 Å². The fourth-order valence-electron chi connectivity index (χ4n) is 4.33. The molecule has 182 valence electrons. The Bertz CT molecular complexity index is 1490. The van der Waals surface area contributed by atoms with Gasteiger partial charge in [-0.2, -0.15) is 13.9 Å². The molecule has 1 aliphatic rings. The fraction of sp³-hybridized carbons (Fsp3) is 0.250. The molecule has 0 spiro atoms. The van der Waals surface area contributed by atoms with Gasteiger partial charge >= 0.3 is 0 Å². The van der Waals surface area contributed by atoms with Crippen molar-refractivity contribution in [2.75, 3.05) is 25.0 Å². The second-order valence-electron chi connectivity index (χ2n) is 8.48. The number of sulfonamides is 1. The molecule has 0 saturated carbocycles. The number of fused-ring (bicyclic) bond motifs is 1. The molecule has 1 saturated heterocycles. The van der Waals surface area contributed by atoms with Crippen LogP contribution in [-0.4, -0.2) is 52.1 Å². The van der Waals surface area contributed by atoms with Crippen molar-refractivity contribution in [3.8, 4) is 17.0 Å². The second-order valence-corrected chi connectivity index (χ2v) is 11.3. The largest absolute Gasteiger partial charge is 0.507 e. The van der Waals surface area contributed by atoms with Gasteiger partial charge in [0, 0.05) is 31.3 Å². The Labute approximate surface area is 210 Å². The number of hydrogen-bond acceptors (Lipinski definition) is 6. The lowest BCUT2D eigenvalue weighted by Gasteiger charge is -2.32. The Morgan fingerprint density at radius 1 is 1.17 bits per heavy atom. The summed E-state index contributed by atoms with van der Waals surface area (Å²) in [5.74, 6) is 0.261. The van der Waals surface area contributed by atoms with Crippen molar-refractivity contribution < 1.29 is 17.9 Å². The van der Waals surface area contributed by atoms with Gasteiger partial charge in [0.25, 0.3) is 0 Å². The van der Waals surface area contributed by atoms with Crippen molar-refractivity contribution in [2.24, 2.45) is 5.92 Å². The van der Waals surface area contributed by atoms with Crippen molar-refractivity contribution in [3.05, 3.63) is 71.1 Å². The third-order valence-corrected chi connectivity index (χ3v) is 8.52. The number of hydrogen-bond donors (Lipinski definition) is 2. The first-order valence-corrected chi connectivity index (χ1v) is 13.4. The molecule has 11 heteroatoms. The van der Waals surface area contributed by atoms with Crippen molar-refractivity contribution in [2.45, 2.75) is 17.7 Å². The molecule has 0 aliphatic carbocycles. The molecule has 5 rings (SSSR count). The molecule has 8 nitrogen and oxygen atoms in total. The zero-order chi connectivity index (χ0) is 24.6. The summed E-state index contributed by atoms with van der Waals surface area (Å²) in [6, 6.07) is 13.9. The molecule has 3 heterocycles. The number of rotatable bonds is 6. The van der Waals surface area contributed by atoms with Gasteiger partial charge in [-0.1, -0.05) is 18.2 Å². The molecule has 4 aromatic rings. The fourth-order valence-corrected chi connectivity index (χ4v) is 6.26. The first-order valence-electron chi connectivity index (χ1n) is 11.1. The molecule has 1 atom stereocenters. The minimum Gasteiger partial charge on any atom is -0.507 e. The zero-order valence-corrected chi connectivity index (χ0v) is 21.0. The number of phenolic OH excluding ortho intramolecular Hbond substituents is 1. The molecule has 0 bridgehead atoms. The second kappa shape index (κ2) is 9.56. The van der Waals surface area contributed by atoms with E-state index in [2.05, 4.69) is 31.3 Å². The van der Waals surface area contributed by atoms with E-state index in [9.17, 15) is 17.9 Å². The Morgan fingerprint density at radius 3 is 2.80 bits per heavy atom. The quantitative estimate of drug-likeness (QED) is 0.360. The number of aromatic hydroxyl groups is 1. The lowest BCUT2D eigenvalue weighted by atomic mass is 10.00. The van der Waals surface area contributed by atoms with E-state index in [-0.39, 0.29) is 16.6 Å². The summed E-state index contributed by atoms with van der Waals surface area (Å²) in [5.41, 5.74) is 1.77. The van der Waals surface area contributed by atoms with E-state index in [1.807, 2.05) is 12.1 Å². The van der Waals surface area contributed by atoms with Crippen LogP contribution in [0.25, 0.3) is 16.9 Å². The number of aromatic nitrogens is 3. The molecular formula is C24H23BrFN5O3S. The van der Waals surface area contributed by atoms with Gasteiger partial charge in [0.2, 0.25) is 10.0 Å². The molecule has 35 heavy (non-hydrogen) atoms. The highest BCUT2D eigenvalue weighted by Crippen LogP contribution is 2.31. The van der Waals surface area contributed by atoms with E-state index in [0.717, 1.165) is 12.5 Å². The number of nitrogens with zero attached hydrogens (tertiary/aromatic N) is 4. The van der Waals surface area contributed by atoms with Crippen LogP contribution in [0.15, 0.2) is 70.2 Å². The van der Waals surface area contributed by atoms with Gasteiger partial charge in [0.1, 0.15) is 17.4 Å². The SMILES string of the molecule is O=S(=O)(c1cccc(F)c1)N1CCCC(CNc2cc(-c3ccccc3O)nc3c(Br)cnn23)C1. The number of halogens is 2. The predicted molar refractivity (Wildman–Crippen MR) is 134 cm³/mol. The van der Waals surface area contributed by atoms with E-state index >= 15 is 0 Å². The van der Waals surface area contributed by atoms with Crippen LogP contribution in [-0.2, 0) is 10.0 Å². The highest BCUT2D eigenvalue weighted by molar-refractivity contribution is 9.10. The number of anilines is 1. The summed E-state index contributed by atoms with van der Waals surface area (Å²) in [6.07, 6.45) is 3.21. The van der Waals surface area contributed by atoms with Gasteiger partial charge in [-0.15, -0.1) is 0 Å². The Balaban J connectivity index is 1.38. The zero-order valence-electron chi connectivity index (χ0n) is 18.6. The summed E-state index contributed by atoms with van der Waals surface area (Å²) < 4.78 is 43.6. The molecule has 1 fully saturated rings. The first kappa shape index (κ1) is 23.7. The Morgan fingerprint density at radius 2 is 2.00 bits per heavy atom. The first-order chi connectivity index (χ1) is 16.8. The van der Waals surface area contributed by atoms with Crippen molar-refractivity contribution in [1.29, 1.82) is 0 Å². The minimum atomic E-state index is -3.78. The number of para-hydroxylation sites is 1. The summed E-state index contributed by atoms with van der Waals surface area (Å²) in [6.45, 7) is 1.24. The summed E-state index contributed by atoms with van der Waals surface area (Å²) in [7, 11) is -3.78. The van der Waals surface area contributed by atoms with Crippen molar-refractivity contribution in [3.63, 3.8) is 0 Å². The van der Waals surface area contributed by atoms with E-state index in [1.54, 1.807) is 28.9 Å². The van der Waals surface area contributed by atoms with Gasteiger partial charge in [-0.25, -0.2) is 17.8 Å². The van der Waals surface area contributed by atoms with Crippen LogP contribution in [0.4, 0.5) is 10.2 Å². The minimum absolute atomic E-state index is 0.0318. The highest BCUT2D eigenvalue weighted by Gasteiger charge is 2.30. The standard InChI is InChI=1S/C24H23BrFN5O3S/c25-20-14-28-31-23(12-21(29-24(20)31)19-8-1-2-9-22(19)32)27-13-16-5-4-10-30(15-16)35(33,34)18-7-3-6-17(26)11-18/h1-3,6-9,11-12,14,16,27,32H,4-5,10,13,15H2. The molecule has 2 aromatic carbocycles. The third-order valence-electron chi connectivity index (χ3n) is 6.10. The van der Waals surface area contributed by atoms with Crippen LogP contribution >= 0.6 is 15.9 Å². The van der Waals surface area contributed by atoms with Crippen LogP contribution < -0.4 is 5.32 Å². The van der Waals surface area contributed by atoms with E-state index in [1.165, 1.54) is 22.5 Å². The van der Waals surface area contributed by atoms with Gasteiger partial charge in [0.15, 0.2) is 5.65 Å². The topological polar surface area (TPSA) is 99.8 Å². The van der Waals surface area contributed by atoms with Crippen LogP contribution in [0, 0.1) is 11.7 Å². The monoisotopic (exact) mass is 559 g/mol. The number of phenols is 1. The van der Waals surface area contributed by atoms with Crippen molar-refractivity contribution >= 4 is 37.4 Å². The molecule has 2 N–H and O–H groups in total. The molecule has 0 radical (unpaired) electrons. The molecule has 0 amide bonds. The number of piperidine rings is 1. The summed E-state index contributed by atoms with van der Waals surface area (Å²) >= 11 is 3.47. The van der Waals surface area contributed by atoms with E-state index in [0.29, 0.717) is 53.3 Å². The smallest absolute Gasteiger partial charge is 0.243 e.